The van der Waals surface area contributed by atoms with Gasteiger partial charge in [-0.05, 0) is 36.8 Å². The summed E-state index contributed by atoms with van der Waals surface area (Å²) in [6.07, 6.45) is 1.05. The lowest BCUT2D eigenvalue weighted by molar-refractivity contribution is -0.142. The maximum Gasteiger partial charge on any atom is 0.326 e. The van der Waals surface area contributed by atoms with E-state index in [1.807, 2.05) is 0 Å². The summed E-state index contributed by atoms with van der Waals surface area (Å²) in [5.41, 5.74) is 11.6. The first kappa shape index (κ1) is 32.4. The first-order chi connectivity index (χ1) is 17.9. The quantitative estimate of drug-likeness (QED) is 0.117. The first-order valence-electron chi connectivity index (χ1n) is 11.9. The van der Waals surface area contributed by atoms with E-state index < -0.39 is 59.7 Å². The molecule has 0 aromatic heterocycles. The summed E-state index contributed by atoms with van der Waals surface area (Å²) in [6, 6.07) is 3.89. The van der Waals surface area contributed by atoms with Crippen molar-refractivity contribution in [1.29, 1.82) is 0 Å². The zero-order valence-electron chi connectivity index (χ0n) is 21.1. The largest absolute Gasteiger partial charge is 0.481 e. The van der Waals surface area contributed by atoms with E-state index >= 15 is 0 Å². The number of benzene rings is 1. The van der Waals surface area contributed by atoms with Crippen LogP contribution in [-0.4, -0.2) is 82.0 Å². The molecule has 0 aliphatic heterocycles. The Labute approximate surface area is 224 Å². The van der Waals surface area contributed by atoms with Gasteiger partial charge < -0.3 is 37.6 Å². The number of hydrogen-bond acceptors (Lipinski definition) is 8. The predicted octanol–water partition coefficient (Wildman–Crippen LogP) is -1.02. The standard InChI is InChI=1S/C24H35N5O8S/c1-38-12-11-16(22(34)28-17(24(36)37)8-9-19(26)30)27-23(35)18(13-14-5-3-2-4-6-14)29-21(33)15(25)7-10-20(31)32/h2-6,15-18H,7-13,25H2,1H3,(H2,26,30)(H,27,35)(H,28,34)(H,29,33)(H,31,32)(H,36,37). The third-order valence-corrected chi connectivity index (χ3v) is 6.10. The van der Waals surface area contributed by atoms with Gasteiger partial charge in [0.2, 0.25) is 23.6 Å². The fourth-order valence-corrected chi connectivity index (χ4v) is 3.81. The Kier molecular flexibility index (Phi) is 14.5. The van der Waals surface area contributed by atoms with Gasteiger partial charge in [0.1, 0.15) is 18.1 Å². The molecular weight excluding hydrogens is 518 g/mol. The highest BCUT2D eigenvalue weighted by Crippen LogP contribution is 2.08. The Hall–Kier alpha value is -3.65. The number of aliphatic carboxylic acids is 2. The number of hydrogen-bond donors (Lipinski definition) is 7. The molecule has 0 fully saturated rings. The van der Waals surface area contributed by atoms with Gasteiger partial charge in [0, 0.05) is 19.3 Å². The lowest BCUT2D eigenvalue weighted by Gasteiger charge is -2.25. The Bertz CT molecular complexity index is 978. The summed E-state index contributed by atoms with van der Waals surface area (Å²) in [6.45, 7) is 0. The van der Waals surface area contributed by atoms with Crippen molar-refractivity contribution in [3.05, 3.63) is 35.9 Å². The van der Waals surface area contributed by atoms with Crippen molar-refractivity contribution in [2.75, 3.05) is 12.0 Å². The van der Waals surface area contributed by atoms with Gasteiger partial charge in [-0.3, -0.25) is 24.0 Å². The molecule has 0 spiro atoms. The molecule has 0 aliphatic rings. The van der Waals surface area contributed by atoms with E-state index in [0.717, 1.165) is 0 Å². The van der Waals surface area contributed by atoms with Crippen LogP contribution in [0.1, 0.15) is 37.7 Å². The number of carbonyl (C=O) groups is 6. The Morgan fingerprint density at radius 3 is 1.95 bits per heavy atom. The van der Waals surface area contributed by atoms with E-state index in [2.05, 4.69) is 16.0 Å². The average Bonchev–Trinajstić information content (AvgIpc) is 2.86. The van der Waals surface area contributed by atoms with Gasteiger partial charge in [-0.25, -0.2) is 4.79 Å². The molecule has 38 heavy (non-hydrogen) atoms. The van der Waals surface area contributed by atoms with Crippen molar-refractivity contribution in [2.24, 2.45) is 11.5 Å². The van der Waals surface area contributed by atoms with Crippen LogP contribution < -0.4 is 27.4 Å². The van der Waals surface area contributed by atoms with Crippen LogP contribution in [0, 0.1) is 0 Å². The summed E-state index contributed by atoms with van der Waals surface area (Å²) < 4.78 is 0. The minimum absolute atomic E-state index is 0.0529. The molecule has 13 nitrogen and oxygen atoms in total. The van der Waals surface area contributed by atoms with E-state index in [1.54, 1.807) is 36.6 Å². The molecule has 0 heterocycles. The number of carboxylic acids is 2. The van der Waals surface area contributed by atoms with Crippen LogP contribution in [0.25, 0.3) is 0 Å². The van der Waals surface area contributed by atoms with Crippen molar-refractivity contribution in [3.8, 4) is 0 Å². The number of nitrogens with one attached hydrogen (secondary N) is 3. The maximum atomic E-state index is 13.3. The summed E-state index contributed by atoms with van der Waals surface area (Å²) in [4.78, 5) is 72.2. The van der Waals surface area contributed by atoms with Crippen LogP contribution in [0.2, 0.25) is 0 Å². The van der Waals surface area contributed by atoms with Gasteiger partial charge in [0.15, 0.2) is 0 Å². The van der Waals surface area contributed by atoms with Crippen LogP contribution in [0.3, 0.4) is 0 Å². The smallest absolute Gasteiger partial charge is 0.326 e. The van der Waals surface area contributed by atoms with Crippen molar-refractivity contribution in [1.82, 2.24) is 16.0 Å². The highest BCUT2D eigenvalue weighted by Gasteiger charge is 2.30. The summed E-state index contributed by atoms with van der Waals surface area (Å²) in [7, 11) is 0. The minimum Gasteiger partial charge on any atom is -0.481 e. The molecule has 9 N–H and O–H groups in total. The van der Waals surface area contributed by atoms with Gasteiger partial charge in [0.25, 0.3) is 0 Å². The van der Waals surface area contributed by atoms with Crippen LogP contribution in [0.15, 0.2) is 30.3 Å². The van der Waals surface area contributed by atoms with Gasteiger partial charge in [-0.15, -0.1) is 0 Å². The van der Waals surface area contributed by atoms with Crippen molar-refractivity contribution in [2.45, 2.75) is 62.7 Å². The monoisotopic (exact) mass is 553 g/mol. The van der Waals surface area contributed by atoms with Gasteiger partial charge in [-0.2, -0.15) is 11.8 Å². The number of rotatable bonds is 18. The second-order valence-corrected chi connectivity index (χ2v) is 9.52. The molecule has 210 valence electrons. The number of thioether (sulfide) groups is 1. The molecule has 4 unspecified atom stereocenters. The molecule has 0 saturated carbocycles. The fourth-order valence-electron chi connectivity index (χ4n) is 3.34. The number of amides is 4. The average molecular weight is 554 g/mol. The predicted molar refractivity (Wildman–Crippen MR) is 140 cm³/mol. The van der Waals surface area contributed by atoms with E-state index in [-0.39, 0.29) is 38.5 Å². The highest BCUT2D eigenvalue weighted by molar-refractivity contribution is 7.98. The molecular formula is C24H35N5O8S. The second-order valence-electron chi connectivity index (χ2n) is 8.54. The lowest BCUT2D eigenvalue weighted by Crippen LogP contribution is -2.57. The molecule has 4 amide bonds. The Morgan fingerprint density at radius 1 is 0.816 bits per heavy atom. The van der Waals surface area contributed by atoms with Gasteiger partial charge >= 0.3 is 11.9 Å². The molecule has 14 heteroatoms. The second kappa shape index (κ2) is 17.0. The van der Waals surface area contributed by atoms with E-state index in [9.17, 15) is 33.9 Å². The van der Waals surface area contributed by atoms with E-state index in [4.69, 9.17) is 16.6 Å². The number of primary amides is 1. The van der Waals surface area contributed by atoms with Crippen molar-refractivity contribution < 1.29 is 39.0 Å². The van der Waals surface area contributed by atoms with Crippen LogP contribution in [-0.2, 0) is 35.2 Å². The number of carbonyl (C=O) groups excluding carboxylic acids is 4. The number of nitrogens with two attached hydrogens (primary N) is 2. The number of carboxylic acid groups (broad SMARTS) is 2. The molecule has 0 bridgehead atoms. The topological polar surface area (TPSA) is 231 Å². The van der Waals surface area contributed by atoms with E-state index in [0.29, 0.717) is 11.3 Å². The minimum atomic E-state index is -1.39. The third-order valence-electron chi connectivity index (χ3n) is 5.46. The Morgan fingerprint density at radius 2 is 1.39 bits per heavy atom. The zero-order valence-corrected chi connectivity index (χ0v) is 21.9. The van der Waals surface area contributed by atoms with Crippen molar-refractivity contribution >= 4 is 47.3 Å². The molecule has 4 atom stereocenters. The highest BCUT2D eigenvalue weighted by atomic mass is 32.2. The summed E-state index contributed by atoms with van der Waals surface area (Å²) >= 11 is 1.40. The molecule has 1 rings (SSSR count). The van der Waals surface area contributed by atoms with E-state index in [1.165, 1.54) is 11.8 Å². The van der Waals surface area contributed by atoms with Gasteiger partial charge in [-0.1, -0.05) is 30.3 Å². The summed E-state index contributed by atoms with van der Waals surface area (Å²) in [5.74, 6) is -4.97. The van der Waals surface area contributed by atoms with Crippen LogP contribution in [0.5, 0.6) is 0 Å². The van der Waals surface area contributed by atoms with Crippen molar-refractivity contribution in [3.63, 3.8) is 0 Å². The first-order valence-corrected chi connectivity index (χ1v) is 13.3. The molecule has 1 aromatic carbocycles. The molecule has 0 aliphatic carbocycles. The molecule has 0 radical (unpaired) electrons. The van der Waals surface area contributed by atoms with Crippen LogP contribution in [0.4, 0.5) is 0 Å². The normalized spacial score (nSPS) is 13.8. The van der Waals surface area contributed by atoms with Crippen LogP contribution >= 0.6 is 11.8 Å². The fraction of sp³-hybridized carbons (Fsp3) is 0.500. The Balaban J connectivity index is 3.06. The molecule has 0 saturated heterocycles. The maximum absolute atomic E-state index is 13.3. The SMILES string of the molecule is CSCCC(NC(=O)C(Cc1ccccc1)NC(=O)C(N)CCC(=O)O)C(=O)NC(CCC(N)=O)C(=O)O. The summed E-state index contributed by atoms with van der Waals surface area (Å²) in [5, 5.41) is 25.7. The molecule has 1 aromatic rings. The lowest BCUT2D eigenvalue weighted by atomic mass is 10.0. The third kappa shape index (κ3) is 12.5. The zero-order chi connectivity index (χ0) is 28.7. The van der Waals surface area contributed by atoms with Gasteiger partial charge in [0.05, 0.1) is 6.04 Å².